The van der Waals surface area contributed by atoms with Crippen LogP contribution >= 0.6 is 0 Å². The Balaban J connectivity index is 2.03. The normalized spacial score (nSPS) is 19.2. The molecule has 1 aromatic carbocycles. The number of amides is 1. The summed E-state index contributed by atoms with van der Waals surface area (Å²) in [5.41, 5.74) is 0.922. The summed E-state index contributed by atoms with van der Waals surface area (Å²) in [4.78, 5) is 24.5. The van der Waals surface area contributed by atoms with Gasteiger partial charge in [-0.1, -0.05) is 30.3 Å². The molecule has 2 rings (SSSR count). The molecule has 2 unspecified atom stereocenters. The Morgan fingerprint density at radius 3 is 2.65 bits per heavy atom. The summed E-state index contributed by atoms with van der Waals surface area (Å²) in [7, 11) is 0. The van der Waals surface area contributed by atoms with Gasteiger partial charge in [-0.3, -0.25) is 9.59 Å². The molecular formula is C18H26N2O3. The van der Waals surface area contributed by atoms with E-state index in [1.54, 1.807) is 0 Å². The van der Waals surface area contributed by atoms with Gasteiger partial charge in [0.05, 0.1) is 24.5 Å². The van der Waals surface area contributed by atoms with E-state index in [-0.39, 0.29) is 36.4 Å². The third-order valence-corrected chi connectivity index (χ3v) is 3.92. The van der Waals surface area contributed by atoms with Crippen LogP contribution < -0.4 is 10.6 Å². The number of hydrogen-bond acceptors (Lipinski definition) is 4. The molecule has 0 aliphatic carbocycles. The molecule has 2 atom stereocenters. The van der Waals surface area contributed by atoms with Crippen LogP contribution in [0.2, 0.25) is 0 Å². The third-order valence-electron chi connectivity index (χ3n) is 3.92. The molecule has 23 heavy (non-hydrogen) atoms. The van der Waals surface area contributed by atoms with E-state index >= 15 is 0 Å². The van der Waals surface area contributed by atoms with Crippen LogP contribution in [0.1, 0.15) is 44.7 Å². The molecule has 126 valence electrons. The van der Waals surface area contributed by atoms with Gasteiger partial charge in [0.15, 0.2) is 0 Å². The molecule has 1 fully saturated rings. The van der Waals surface area contributed by atoms with E-state index in [0.717, 1.165) is 24.9 Å². The first kappa shape index (κ1) is 17.5. The van der Waals surface area contributed by atoms with Crippen molar-refractivity contribution in [3.63, 3.8) is 0 Å². The molecule has 5 nitrogen and oxygen atoms in total. The van der Waals surface area contributed by atoms with Crippen LogP contribution in [0, 0.1) is 5.92 Å². The van der Waals surface area contributed by atoms with Gasteiger partial charge in [0.2, 0.25) is 5.91 Å². The largest absolute Gasteiger partial charge is 0.463 e. The van der Waals surface area contributed by atoms with Crippen molar-refractivity contribution in [3.8, 4) is 0 Å². The second-order valence-corrected chi connectivity index (χ2v) is 6.26. The van der Waals surface area contributed by atoms with E-state index in [0.29, 0.717) is 6.54 Å². The van der Waals surface area contributed by atoms with Gasteiger partial charge in [0.25, 0.3) is 0 Å². The zero-order valence-electron chi connectivity index (χ0n) is 13.9. The van der Waals surface area contributed by atoms with Gasteiger partial charge >= 0.3 is 5.97 Å². The summed E-state index contributed by atoms with van der Waals surface area (Å²) in [6, 6.07) is 9.23. The lowest BCUT2D eigenvalue weighted by atomic mass is 9.97. The van der Waals surface area contributed by atoms with Gasteiger partial charge in [0, 0.05) is 6.54 Å². The van der Waals surface area contributed by atoms with Crippen molar-refractivity contribution in [3.05, 3.63) is 35.9 Å². The molecule has 1 amide bonds. The second-order valence-electron chi connectivity index (χ2n) is 6.26. The highest BCUT2D eigenvalue weighted by atomic mass is 16.5. The van der Waals surface area contributed by atoms with Crippen LogP contribution in [0.25, 0.3) is 0 Å². The van der Waals surface area contributed by atoms with Crippen LogP contribution in [0.5, 0.6) is 0 Å². The number of ether oxygens (including phenoxy) is 1. The fourth-order valence-corrected chi connectivity index (χ4v) is 2.78. The highest BCUT2D eigenvalue weighted by molar-refractivity contribution is 5.80. The van der Waals surface area contributed by atoms with E-state index < -0.39 is 0 Å². The van der Waals surface area contributed by atoms with Crippen molar-refractivity contribution in [2.45, 2.75) is 45.3 Å². The fraction of sp³-hybridized carbons (Fsp3) is 0.556. The summed E-state index contributed by atoms with van der Waals surface area (Å²) in [5, 5.41) is 6.27. The lowest BCUT2D eigenvalue weighted by Crippen LogP contribution is -2.42. The first-order valence-corrected chi connectivity index (χ1v) is 8.31. The van der Waals surface area contributed by atoms with Crippen molar-refractivity contribution in [1.29, 1.82) is 0 Å². The predicted molar refractivity (Wildman–Crippen MR) is 88.8 cm³/mol. The summed E-state index contributed by atoms with van der Waals surface area (Å²) in [6.45, 7) is 5.31. The maximum Gasteiger partial charge on any atom is 0.308 e. The van der Waals surface area contributed by atoms with Gasteiger partial charge in [-0.05, 0) is 38.8 Å². The van der Waals surface area contributed by atoms with Crippen LogP contribution in [-0.2, 0) is 14.3 Å². The molecule has 0 spiro atoms. The van der Waals surface area contributed by atoms with E-state index in [4.69, 9.17) is 4.74 Å². The predicted octanol–water partition coefficient (Wildman–Crippen LogP) is 2.19. The first-order valence-electron chi connectivity index (χ1n) is 8.31. The molecule has 1 heterocycles. The molecule has 2 N–H and O–H groups in total. The summed E-state index contributed by atoms with van der Waals surface area (Å²) < 4.78 is 5.23. The fourth-order valence-electron chi connectivity index (χ4n) is 2.78. The number of carbonyl (C=O) groups is 2. The molecule has 0 bridgehead atoms. The van der Waals surface area contributed by atoms with Crippen molar-refractivity contribution >= 4 is 11.9 Å². The van der Waals surface area contributed by atoms with E-state index in [1.165, 1.54) is 0 Å². The highest BCUT2D eigenvalue weighted by Gasteiger charge is 2.25. The lowest BCUT2D eigenvalue weighted by Gasteiger charge is -2.25. The Kier molecular flexibility index (Phi) is 6.59. The molecule has 1 saturated heterocycles. The van der Waals surface area contributed by atoms with Crippen molar-refractivity contribution in [2.75, 3.05) is 13.1 Å². The molecule has 5 heteroatoms. The standard InChI is InChI=1S/C18H26N2O3/c1-13(2)23-17(21)11-16(14-7-4-3-5-8-14)20-18(22)15-9-6-10-19-12-15/h3-5,7-8,13,15-16,19H,6,9-12H2,1-2H3,(H,20,22). The van der Waals surface area contributed by atoms with Gasteiger partial charge in [-0.2, -0.15) is 0 Å². The number of piperidine rings is 1. The Morgan fingerprint density at radius 1 is 1.30 bits per heavy atom. The van der Waals surface area contributed by atoms with E-state index in [1.807, 2.05) is 44.2 Å². The number of carbonyl (C=O) groups excluding carboxylic acids is 2. The van der Waals surface area contributed by atoms with Gasteiger partial charge in [0.1, 0.15) is 0 Å². The van der Waals surface area contributed by atoms with Crippen LogP contribution in [0.4, 0.5) is 0 Å². The smallest absolute Gasteiger partial charge is 0.308 e. The van der Waals surface area contributed by atoms with Gasteiger partial charge in [-0.25, -0.2) is 0 Å². The molecule has 1 aromatic rings. The zero-order chi connectivity index (χ0) is 16.7. The Bertz CT molecular complexity index is 510. The summed E-state index contributed by atoms with van der Waals surface area (Å²) >= 11 is 0. The lowest BCUT2D eigenvalue weighted by molar-refractivity contribution is -0.148. The summed E-state index contributed by atoms with van der Waals surface area (Å²) in [6.07, 6.45) is 1.88. The number of rotatable bonds is 6. The quantitative estimate of drug-likeness (QED) is 0.789. The number of esters is 1. The third kappa shape index (κ3) is 5.67. The second kappa shape index (κ2) is 8.67. The number of nitrogens with one attached hydrogen (secondary N) is 2. The Hall–Kier alpha value is -1.88. The average molecular weight is 318 g/mol. The highest BCUT2D eigenvalue weighted by Crippen LogP contribution is 2.20. The summed E-state index contributed by atoms with van der Waals surface area (Å²) in [5.74, 6) is -0.324. The molecule has 0 saturated carbocycles. The number of benzene rings is 1. The van der Waals surface area contributed by atoms with E-state index in [2.05, 4.69) is 10.6 Å². The van der Waals surface area contributed by atoms with Crippen molar-refractivity contribution < 1.29 is 14.3 Å². The maximum atomic E-state index is 12.5. The van der Waals surface area contributed by atoms with Crippen molar-refractivity contribution in [2.24, 2.45) is 5.92 Å². The van der Waals surface area contributed by atoms with Crippen LogP contribution in [0.3, 0.4) is 0 Å². The monoisotopic (exact) mass is 318 g/mol. The first-order chi connectivity index (χ1) is 11.1. The molecule has 0 radical (unpaired) electrons. The van der Waals surface area contributed by atoms with Gasteiger partial charge < -0.3 is 15.4 Å². The van der Waals surface area contributed by atoms with Gasteiger partial charge in [-0.15, -0.1) is 0 Å². The molecule has 1 aliphatic rings. The van der Waals surface area contributed by atoms with Crippen molar-refractivity contribution in [1.82, 2.24) is 10.6 Å². The molecule has 1 aliphatic heterocycles. The molecular weight excluding hydrogens is 292 g/mol. The minimum Gasteiger partial charge on any atom is -0.463 e. The zero-order valence-corrected chi connectivity index (χ0v) is 13.9. The van der Waals surface area contributed by atoms with Crippen LogP contribution in [-0.4, -0.2) is 31.1 Å². The Morgan fingerprint density at radius 2 is 2.04 bits per heavy atom. The van der Waals surface area contributed by atoms with Crippen LogP contribution in [0.15, 0.2) is 30.3 Å². The SMILES string of the molecule is CC(C)OC(=O)CC(NC(=O)C1CCCNC1)c1ccccc1. The van der Waals surface area contributed by atoms with E-state index in [9.17, 15) is 9.59 Å². The molecule has 0 aromatic heterocycles. The minimum atomic E-state index is -0.350. The maximum absolute atomic E-state index is 12.5. The minimum absolute atomic E-state index is 0.00315. The topological polar surface area (TPSA) is 67.4 Å². The Labute approximate surface area is 137 Å². The average Bonchev–Trinajstić information content (AvgIpc) is 2.55. The number of hydrogen-bond donors (Lipinski definition) is 2.